The molecular formula is C45H78O12S. The van der Waals surface area contributed by atoms with Crippen molar-refractivity contribution < 1.29 is 56.2 Å². The van der Waals surface area contributed by atoms with Crippen LogP contribution in [0.25, 0.3) is 0 Å². The van der Waals surface area contributed by atoms with E-state index in [9.17, 15) is 28.5 Å². The molecule has 1 aliphatic rings. The van der Waals surface area contributed by atoms with Gasteiger partial charge in [0, 0.05) is 13.0 Å². The second-order valence-corrected chi connectivity index (χ2v) is 16.0. The number of allylic oxidation sites excluding steroid dienone is 10. The molecule has 1 heterocycles. The smallest absolute Gasteiger partial charge is 0.397 e. The van der Waals surface area contributed by atoms with Gasteiger partial charge in [0.25, 0.3) is 0 Å². The fourth-order valence-corrected chi connectivity index (χ4v) is 6.85. The van der Waals surface area contributed by atoms with Crippen LogP contribution in [0.4, 0.5) is 0 Å². The van der Waals surface area contributed by atoms with Gasteiger partial charge >= 0.3 is 16.4 Å². The van der Waals surface area contributed by atoms with E-state index in [0.29, 0.717) is 13.0 Å². The summed E-state index contributed by atoms with van der Waals surface area (Å²) in [5.41, 5.74) is 0. The number of ether oxygens (including phenoxy) is 4. The zero-order valence-corrected chi connectivity index (χ0v) is 36.4. The van der Waals surface area contributed by atoms with Crippen LogP contribution in [-0.4, -0.2) is 97.5 Å². The van der Waals surface area contributed by atoms with Crippen molar-refractivity contribution in [3.05, 3.63) is 60.8 Å². The van der Waals surface area contributed by atoms with Crippen LogP contribution in [0.5, 0.6) is 0 Å². The minimum Gasteiger partial charge on any atom is -0.457 e. The number of unbranched alkanes of at least 4 members (excludes halogenated alkanes) is 14. The molecule has 0 bridgehead atoms. The van der Waals surface area contributed by atoms with E-state index < -0.39 is 59.8 Å². The summed E-state index contributed by atoms with van der Waals surface area (Å²) in [5.74, 6) is -0.412. The average Bonchev–Trinajstić information content (AvgIpc) is 3.19. The Morgan fingerprint density at radius 1 is 0.672 bits per heavy atom. The van der Waals surface area contributed by atoms with Crippen LogP contribution in [0.2, 0.25) is 0 Å². The third kappa shape index (κ3) is 29.9. The van der Waals surface area contributed by atoms with Crippen LogP contribution >= 0.6 is 0 Å². The first-order valence-corrected chi connectivity index (χ1v) is 23.4. The Labute approximate surface area is 350 Å². The van der Waals surface area contributed by atoms with E-state index in [1.807, 2.05) is 0 Å². The third-order valence-corrected chi connectivity index (χ3v) is 10.1. The van der Waals surface area contributed by atoms with Crippen molar-refractivity contribution in [2.45, 2.75) is 192 Å². The number of carbonyl (C=O) groups is 1. The third-order valence-electron chi connectivity index (χ3n) is 9.65. The highest BCUT2D eigenvalue weighted by molar-refractivity contribution is 7.80. The molecule has 0 aliphatic carbocycles. The van der Waals surface area contributed by atoms with Gasteiger partial charge in [-0.3, -0.25) is 9.35 Å². The lowest BCUT2D eigenvalue weighted by atomic mass is 9.99. The van der Waals surface area contributed by atoms with Gasteiger partial charge in [-0.05, 0) is 57.8 Å². The molecule has 0 radical (unpaired) electrons. The maximum atomic E-state index is 12.8. The molecule has 1 saturated heterocycles. The molecule has 12 nitrogen and oxygen atoms in total. The fourth-order valence-electron chi connectivity index (χ4n) is 6.34. The first-order valence-electron chi connectivity index (χ1n) is 22.0. The number of rotatable bonds is 37. The minimum atomic E-state index is -5.06. The largest absolute Gasteiger partial charge is 0.457 e. The summed E-state index contributed by atoms with van der Waals surface area (Å²) in [7, 11) is -5.06. The molecule has 0 spiro atoms. The zero-order valence-electron chi connectivity index (χ0n) is 35.6. The van der Waals surface area contributed by atoms with Gasteiger partial charge in [-0.15, -0.1) is 0 Å². The van der Waals surface area contributed by atoms with E-state index in [0.717, 1.165) is 83.5 Å². The van der Waals surface area contributed by atoms with Crippen LogP contribution in [0.15, 0.2) is 60.8 Å². The minimum absolute atomic E-state index is 0.0177. The predicted molar refractivity (Wildman–Crippen MR) is 229 cm³/mol. The summed E-state index contributed by atoms with van der Waals surface area (Å²) < 4.78 is 58.9. The van der Waals surface area contributed by atoms with Crippen molar-refractivity contribution in [1.29, 1.82) is 0 Å². The number of hydrogen-bond acceptors (Lipinski definition) is 11. The maximum Gasteiger partial charge on any atom is 0.397 e. The summed E-state index contributed by atoms with van der Waals surface area (Å²) in [5, 5.41) is 30.6. The monoisotopic (exact) mass is 843 g/mol. The molecule has 4 N–H and O–H groups in total. The summed E-state index contributed by atoms with van der Waals surface area (Å²) in [6.07, 6.45) is 35.4. The Balaban J connectivity index is 2.44. The lowest BCUT2D eigenvalue weighted by molar-refractivity contribution is -0.301. The molecule has 0 aromatic heterocycles. The number of aliphatic hydroxyl groups excluding tert-OH is 3. The number of carbonyl (C=O) groups excluding carboxylic acids is 1. The van der Waals surface area contributed by atoms with Gasteiger partial charge in [0.15, 0.2) is 6.29 Å². The summed E-state index contributed by atoms with van der Waals surface area (Å²) >= 11 is 0. The van der Waals surface area contributed by atoms with Crippen LogP contribution in [0, 0.1) is 0 Å². The predicted octanol–water partition coefficient (Wildman–Crippen LogP) is 8.96. The molecule has 13 heteroatoms. The molecule has 1 aliphatic heterocycles. The summed E-state index contributed by atoms with van der Waals surface area (Å²) in [6.45, 7) is 3.79. The van der Waals surface area contributed by atoms with Gasteiger partial charge in [0.2, 0.25) is 0 Å². The van der Waals surface area contributed by atoms with Crippen LogP contribution < -0.4 is 0 Å². The Morgan fingerprint density at radius 3 is 1.74 bits per heavy atom. The lowest BCUT2D eigenvalue weighted by Crippen LogP contribution is -2.60. The second-order valence-electron chi connectivity index (χ2n) is 14.9. The first-order chi connectivity index (χ1) is 28.1. The quantitative estimate of drug-likeness (QED) is 0.0202. The molecule has 0 aromatic carbocycles. The van der Waals surface area contributed by atoms with Gasteiger partial charge in [-0.1, -0.05) is 152 Å². The van der Waals surface area contributed by atoms with E-state index in [-0.39, 0.29) is 19.6 Å². The number of aliphatic hydroxyl groups is 3. The van der Waals surface area contributed by atoms with Crippen molar-refractivity contribution >= 4 is 16.4 Å². The Kier molecular flexibility index (Phi) is 34.0. The van der Waals surface area contributed by atoms with Gasteiger partial charge in [0.05, 0.1) is 19.8 Å². The summed E-state index contributed by atoms with van der Waals surface area (Å²) in [4.78, 5) is 12.8. The molecule has 1 fully saturated rings. The Morgan fingerprint density at radius 2 is 1.19 bits per heavy atom. The maximum absolute atomic E-state index is 12.8. The molecule has 336 valence electrons. The number of esters is 1. The Hall–Kier alpha value is -2.20. The molecule has 58 heavy (non-hydrogen) atoms. The molecular weight excluding hydrogens is 765 g/mol. The second kappa shape index (κ2) is 36.6. The van der Waals surface area contributed by atoms with Crippen LogP contribution in [0.1, 0.15) is 155 Å². The highest BCUT2D eigenvalue weighted by Crippen LogP contribution is 2.26. The van der Waals surface area contributed by atoms with E-state index in [1.54, 1.807) is 0 Å². The van der Waals surface area contributed by atoms with E-state index in [1.165, 1.54) is 44.9 Å². The SMILES string of the molecule is CC/C=C\C/C=C\C/C=C\C/C=C\C/C=C\CCCCCCOCC(COC1OC(CO)C(O)C(OS(=O)(=O)O)C1O)OC(=O)CCCCCCCCCCCCC. The molecule has 6 atom stereocenters. The molecule has 0 saturated carbocycles. The highest BCUT2D eigenvalue weighted by Gasteiger charge is 2.48. The highest BCUT2D eigenvalue weighted by atomic mass is 32.3. The Bertz CT molecular complexity index is 1250. The summed E-state index contributed by atoms with van der Waals surface area (Å²) in [6, 6.07) is 0. The van der Waals surface area contributed by atoms with Crippen molar-refractivity contribution in [3.8, 4) is 0 Å². The fraction of sp³-hybridized carbons (Fsp3) is 0.756. The van der Waals surface area contributed by atoms with Gasteiger partial charge in [0.1, 0.15) is 30.5 Å². The van der Waals surface area contributed by atoms with E-state index in [2.05, 4.69) is 78.8 Å². The van der Waals surface area contributed by atoms with Gasteiger partial charge < -0.3 is 34.3 Å². The van der Waals surface area contributed by atoms with Gasteiger partial charge in [-0.25, -0.2) is 4.18 Å². The number of hydrogen-bond donors (Lipinski definition) is 4. The zero-order chi connectivity index (χ0) is 42.5. The molecule has 6 unspecified atom stereocenters. The van der Waals surface area contributed by atoms with Crippen LogP contribution in [0.3, 0.4) is 0 Å². The van der Waals surface area contributed by atoms with Gasteiger partial charge in [-0.2, -0.15) is 8.42 Å². The van der Waals surface area contributed by atoms with Crippen molar-refractivity contribution in [2.24, 2.45) is 0 Å². The topological polar surface area (TPSA) is 178 Å². The van der Waals surface area contributed by atoms with Crippen LogP contribution in [-0.2, 0) is 38.3 Å². The normalized spacial score (nSPS) is 21.1. The van der Waals surface area contributed by atoms with Crippen molar-refractivity contribution in [3.63, 3.8) is 0 Å². The molecule has 0 aromatic rings. The lowest BCUT2D eigenvalue weighted by Gasteiger charge is -2.41. The van der Waals surface area contributed by atoms with E-state index in [4.69, 9.17) is 23.5 Å². The van der Waals surface area contributed by atoms with Crippen molar-refractivity contribution in [1.82, 2.24) is 0 Å². The first kappa shape index (κ1) is 53.8. The average molecular weight is 843 g/mol. The van der Waals surface area contributed by atoms with E-state index >= 15 is 0 Å². The molecule has 0 amide bonds. The standard InChI is InChI=1S/C45H78O12S/c1-3-5-7-9-11-13-15-16-17-18-19-20-21-22-23-25-27-29-31-33-35-53-37-39(55-41(47)34-32-30-28-26-24-14-12-10-8-6-4-2)38-54-45-43(49)44(57-58(50,51)52)42(48)40(36-46)56-45/h5,7,11,13,16-17,19-20,22-23,39-40,42-46,48-49H,3-4,6,8-10,12,14-15,18,21,24-38H2,1-2H3,(H,50,51,52)/b7-5-,13-11-,17-16-,20-19-,23-22-. The van der Waals surface area contributed by atoms with Crippen molar-refractivity contribution in [2.75, 3.05) is 26.4 Å². The molecule has 1 rings (SSSR count).